The normalized spacial score (nSPS) is 16.5. The largest absolute Gasteiger partial charge is 0.496 e. The quantitative estimate of drug-likeness (QED) is 0.734. The lowest BCUT2D eigenvalue weighted by Gasteiger charge is -2.35. The molecular formula is C20H24ClFN2O4S. The standard InChI is InChI=1S/C20H24ClFN2O4S/c1-12(2)24(3)14-10-15-18(27-4)7-8-19(20(15)28-11-14)29(25,26)23-13-5-6-17(22)16(21)9-13/h5-9,12,14,23H,10-11H2,1-4H3/t14-/m1/s1. The van der Waals surface area contributed by atoms with Crippen LogP contribution in [0, 0.1) is 5.82 Å². The fourth-order valence-electron chi connectivity index (χ4n) is 3.27. The first kappa shape index (κ1) is 21.7. The first-order valence-electron chi connectivity index (χ1n) is 9.16. The van der Waals surface area contributed by atoms with E-state index < -0.39 is 15.8 Å². The third kappa shape index (κ3) is 4.44. The fourth-order valence-corrected chi connectivity index (χ4v) is 4.67. The summed E-state index contributed by atoms with van der Waals surface area (Å²) < 4.78 is 53.2. The Morgan fingerprint density at radius 3 is 2.66 bits per heavy atom. The van der Waals surface area contributed by atoms with Gasteiger partial charge in [0, 0.05) is 17.6 Å². The van der Waals surface area contributed by atoms with Gasteiger partial charge >= 0.3 is 0 Å². The molecule has 0 aromatic heterocycles. The zero-order valence-corrected chi connectivity index (χ0v) is 18.3. The Morgan fingerprint density at radius 2 is 2.03 bits per heavy atom. The number of nitrogens with zero attached hydrogens (tertiary/aromatic N) is 1. The van der Waals surface area contributed by atoms with E-state index in [-0.39, 0.29) is 27.4 Å². The summed E-state index contributed by atoms with van der Waals surface area (Å²) in [6.45, 7) is 4.54. The molecule has 0 amide bonds. The van der Waals surface area contributed by atoms with E-state index in [2.05, 4.69) is 23.5 Å². The molecule has 0 unspecified atom stereocenters. The molecule has 3 rings (SSSR count). The summed E-state index contributed by atoms with van der Waals surface area (Å²) in [5, 5.41) is -0.169. The lowest BCUT2D eigenvalue weighted by Crippen LogP contribution is -2.44. The molecule has 9 heteroatoms. The maximum absolute atomic E-state index is 13.4. The van der Waals surface area contributed by atoms with E-state index in [0.29, 0.717) is 30.4 Å². The van der Waals surface area contributed by atoms with Gasteiger partial charge < -0.3 is 9.47 Å². The number of hydrogen-bond donors (Lipinski definition) is 1. The van der Waals surface area contributed by atoms with Gasteiger partial charge in [0.25, 0.3) is 10.0 Å². The number of likely N-dealkylation sites (N-methyl/N-ethyl adjacent to an activating group) is 1. The van der Waals surface area contributed by atoms with Gasteiger partial charge in [-0.1, -0.05) is 11.6 Å². The van der Waals surface area contributed by atoms with E-state index in [1.54, 1.807) is 13.2 Å². The maximum Gasteiger partial charge on any atom is 0.265 e. The Labute approximate surface area is 175 Å². The highest BCUT2D eigenvalue weighted by molar-refractivity contribution is 7.92. The number of rotatable bonds is 6. The van der Waals surface area contributed by atoms with Crippen LogP contribution in [0.2, 0.25) is 5.02 Å². The first-order chi connectivity index (χ1) is 13.6. The van der Waals surface area contributed by atoms with E-state index in [1.165, 1.54) is 18.2 Å². The highest BCUT2D eigenvalue weighted by Gasteiger charge is 2.32. The van der Waals surface area contributed by atoms with Crippen molar-refractivity contribution in [1.29, 1.82) is 0 Å². The van der Waals surface area contributed by atoms with Crippen molar-refractivity contribution in [3.63, 3.8) is 0 Å². The molecule has 1 heterocycles. The van der Waals surface area contributed by atoms with Crippen molar-refractivity contribution in [3.05, 3.63) is 46.7 Å². The van der Waals surface area contributed by atoms with Gasteiger partial charge in [0.05, 0.1) is 17.8 Å². The average Bonchev–Trinajstić information content (AvgIpc) is 2.68. The fraction of sp³-hybridized carbons (Fsp3) is 0.400. The highest BCUT2D eigenvalue weighted by Crippen LogP contribution is 2.40. The van der Waals surface area contributed by atoms with Crippen LogP contribution in [0.1, 0.15) is 19.4 Å². The Kier molecular flexibility index (Phi) is 6.26. The summed E-state index contributed by atoms with van der Waals surface area (Å²) >= 11 is 5.76. The van der Waals surface area contributed by atoms with Crippen LogP contribution in [0.15, 0.2) is 35.2 Å². The van der Waals surface area contributed by atoms with Crippen molar-refractivity contribution in [3.8, 4) is 11.5 Å². The van der Waals surface area contributed by atoms with Crippen LogP contribution in [0.4, 0.5) is 10.1 Å². The SMILES string of the molecule is COc1ccc(S(=O)(=O)Nc2ccc(F)c(Cl)c2)c2c1C[C@@H](N(C)C(C)C)CO2. The summed E-state index contributed by atoms with van der Waals surface area (Å²) in [6.07, 6.45) is 0.596. The predicted octanol–water partition coefficient (Wildman–Crippen LogP) is 3.93. The second-order valence-corrected chi connectivity index (χ2v) is 9.29. The third-order valence-electron chi connectivity index (χ3n) is 5.11. The molecule has 0 spiro atoms. The van der Waals surface area contributed by atoms with Crippen molar-refractivity contribution in [2.75, 3.05) is 25.5 Å². The van der Waals surface area contributed by atoms with E-state index >= 15 is 0 Å². The van der Waals surface area contributed by atoms with Crippen LogP contribution >= 0.6 is 11.6 Å². The maximum atomic E-state index is 13.4. The topological polar surface area (TPSA) is 67.9 Å². The third-order valence-corrected chi connectivity index (χ3v) is 6.81. The van der Waals surface area contributed by atoms with E-state index in [4.69, 9.17) is 21.1 Å². The van der Waals surface area contributed by atoms with Crippen molar-refractivity contribution in [2.45, 2.75) is 37.2 Å². The number of halogens is 2. The van der Waals surface area contributed by atoms with Crippen LogP contribution in [0.5, 0.6) is 11.5 Å². The molecule has 0 bridgehead atoms. The summed E-state index contributed by atoms with van der Waals surface area (Å²) in [7, 11) is -0.438. The minimum atomic E-state index is -3.99. The zero-order chi connectivity index (χ0) is 21.3. The summed E-state index contributed by atoms with van der Waals surface area (Å²) in [4.78, 5) is 2.18. The van der Waals surface area contributed by atoms with E-state index in [9.17, 15) is 12.8 Å². The summed E-state index contributed by atoms with van der Waals surface area (Å²) in [6, 6.07) is 7.10. The van der Waals surface area contributed by atoms with Crippen LogP contribution in [0.25, 0.3) is 0 Å². The average molecular weight is 443 g/mol. The minimum Gasteiger partial charge on any atom is -0.496 e. The Hall–Kier alpha value is -2.03. The van der Waals surface area contributed by atoms with Crippen molar-refractivity contribution < 1.29 is 22.3 Å². The van der Waals surface area contributed by atoms with Gasteiger partial charge in [0.2, 0.25) is 0 Å². The second-order valence-electron chi connectivity index (χ2n) is 7.24. The Morgan fingerprint density at radius 1 is 1.31 bits per heavy atom. The predicted molar refractivity (Wildman–Crippen MR) is 111 cm³/mol. The molecule has 1 atom stereocenters. The van der Waals surface area contributed by atoms with Crippen LogP contribution in [0.3, 0.4) is 0 Å². The number of hydrogen-bond acceptors (Lipinski definition) is 5. The highest BCUT2D eigenvalue weighted by atomic mass is 35.5. The molecular weight excluding hydrogens is 419 g/mol. The molecule has 0 radical (unpaired) electrons. The molecule has 1 aliphatic rings. The van der Waals surface area contributed by atoms with Gasteiger partial charge in [0.15, 0.2) is 0 Å². The number of fused-ring (bicyclic) bond motifs is 1. The number of nitrogens with one attached hydrogen (secondary N) is 1. The number of sulfonamides is 1. The lowest BCUT2D eigenvalue weighted by molar-refractivity contribution is 0.115. The molecule has 1 aliphatic heterocycles. The van der Waals surface area contributed by atoms with E-state index in [0.717, 1.165) is 6.07 Å². The summed E-state index contributed by atoms with van der Waals surface area (Å²) in [5.41, 5.74) is 0.866. The number of ether oxygens (including phenoxy) is 2. The molecule has 158 valence electrons. The Bertz CT molecular complexity index is 1010. The molecule has 0 fully saturated rings. The van der Waals surface area contributed by atoms with Gasteiger partial charge in [-0.15, -0.1) is 0 Å². The monoisotopic (exact) mass is 442 g/mol. The second kappa shape index (κ2) is 8.38. The molecule has 0 saturated carbocycles. The van der Waals surface area contributed by atoms with Crippen LogP contribution < -0.4 is 14.2 Å². The summed E-state index contributed by atoms with van der Waals surface area (Å²) in [5.74, 6) is 0.226. The van der Waals surface area contributed by atoms with Gasteiger partial charge in [-0.05, 0) is 57.6 Å². The van der Waals surface area contributed by atoms with Crippen LogP contribution in [-0.4, -0.2) is 46.2 Å². The van der Waals surface area contributed by atoms with Crippen LogP contribution in [-0.2, 0) is 16.4 Å². The molecule has 0 aliphatic carbocycles. The van der Waals surface area contributed by atoms with Gasteiger partial charge in [0.1, 0.15) is 28.8 Å². The molecule has 29 heavy (non-hydrogen) atoms. The number of methoxy groups -OCH3 is 1. The minimum absolute atomic E-state index is 0.000558. The van der Waals surface area contributed by atoms with Gasteiger partial charge in [-0.3, -0.25) is 9.62 Å². The molecule has 2 aromatic rings. The Balaban J connectivity index is 1.98. The number of benzene rings is 2. The van der Waals surface area contributed by atoms with Gasteiger partial charge in [-0.2, -0.15) is 0 Å². The number of anilines is 1. The van der Waals surface area contributed by atoms with Crippen molar-refractivity contribution in [2.24, 2.45) is 0 Å². The van der Waals surface area contributed by atoms with E-state index in [1.807, 2.05) is 7.05 Å². The smallest absolute Gasteiger partial charge is 0.265 e. The first-order valence-corrected chi connectivity index (χ1v) is 11.0. The molecule has 6 nitrogen and oxygen atoms in total. The molecule has 2 aromatic carbocycles. The molecule has 1 N–H and O–H groups in total. The molecule has 0 saturated heterocycles. The zero-order valence-electron chi connectivity index (χ0n) is 16.7. The van der Waals surface area contributed by atoms with Gasteiger partial charge in [-0.25, -0.2) is 12.8 Å². The van der Waals surface area contributed by atoms with Crippen molar-refractivity contribution >= 4 is 27.3 Å². The lowest BCUT2D eigenvalue weighted by atomic mass is 10.00. The van der Waals surface area contributed by atoms with Crippen molar-refractivity contribution in [1.82, 2.24) is 4.90 Å².